The number of rotatable bonds is 4. The predicted octanol–water partition coefficient (Wildman–Crippen LogP) is 3.14. The molecule has 0 unspecified atom stereocenters. The first-order valence-electron chi connectivity index (χ1n) is 9.44. The van der Waals surface area contributed by atoms with Crippen LogP contribution in [0.5, 0.6) is 11.5 Å². The van der Waals surface area contributed by atoms with Gasteiger partial charge in [-0.05, 0) is 35.0 Å². The maximum Gasteiger partial charge on any atom is 0.302 e. The van der Waals surface area contributed by atoms with E-state index in [4.69, 9.17) is 24.7 Å². The van der Waals surface area contributed by atoms with Crippen LogP contribution < -0.4 is 25.2 Å². The third-order valence-electron chi connectivity index (χ3n) is 5.11. The van der Waals surface area contributed by atoms with E-state index in [1.807, 2.05) is 30.3 Å². The molecular weight excluding hydrogens is 406 g/mol. The number of aromatic nitrogens is 3. The van der Waals surface area contributed by atoms with Crippen LogP contribution >= 0.6 is 11.3 Å². The van der Waals surface area contributed by atoms with E-state index in [0.29, 0.717) is 27.2 Å². The highest BCUT2D eigenvalue weighted by molar-refractivity contribution is 7.21. The van der Waals surface area contributed by atoms with E-state index in [2.05, 4.69) is 10.6 Å². The van der Waals surface area contributed by atoms with Crippen LogP contribution in [0.25, 0.3) is 21.5 Å². The lowest BCUT2D eigenvalue weighted by Gasteiger charge is -2.03. The van der Waals surface area contributed by atoms with Gasteiger partial charge in [-0.2, -0.15) is 0 Å². The molecule has 1 aliphatic carbocycles. The van der Waals surface area contributed by atoms with Crippen molar-refractivity contribution in [1.29, 1.82) is 0 Å². The summed E-state index contributed by atoms with van der Waals surface area (Å²) in [7, 11) is 0. The van der Waals surface area contributed by atoms with Crippen LogP contribution in [0.2, 0.25) is 0 Å². The average molecular weight is 422 g/mol. The Bertz CT molecular complexity index is 1310. The Morgan fingerprint density at radius 1 is 1.20 bits per heavy atom. The normalized spacial score (nSPS) is 14.9. The smallest absolute Gasteiger partial charge is 0.302 e. The molecule has 0 saturated heterocycles. The fraction of sp³-hybridized carbons (Fsp3) is 0.200. The molecule has 3 aromatic heterocycles. The fourth-order valence-corrected chi connectivity index (χ4v) is 4.36. The number of carbonyl (C=O) groups excluding carboxylic acids is 1. The van der Waals surface area contributed by atoms with Gasteiger partial charge in [0, 0.05) is 23.8 Å². The van der Waals surface area contributed by atoms with Gasteiger partial charge in [0.2, 0.25) is 12.1 Å². The largest absolute Gasteiger partial charge is 0.454 e. The number of pyridine rings is 1. The monoisotopic (exact) mass is 422 g/mol. The van der Waals surface area contributed by atoms with Crippen molar-refractivity contribution in [2.75, 3.05) is 17.8 Å². The molecule has 0 bridgehead atoms. The number of hydrogen-bond acceptors (Lipinski definition) is 8. The van der Waals surface area contributed by atoms with Crippen molar-refractivity contribution in [2.24, 2.45) is 0 Å². The summed E-state index contributed by atoms with van der Waals surface area (Å²) < 4.78 is 17.7. The Hall–Kier alpha value is -3.66. The molecule has 0 atom stereocenters. The van der Waals surface area contributed by atoms with Crippen molar-refractivity contribution in [2.45, 2.75) is 18.9 Å². The molecule has 9 nitrogen and oxygen atoms in total. The Morgan fingerprint density at radius 2 is 2.07 bits per heavy atom. The second kappa shape index (κ2) is 6.42. The molecule has 10 heteroatoms. The van der Waals surface area contributed by atoms with E-state index in [9.17, 15) is 4.79 Å². The van der Waals surface area contributed by atoms with Crippen molar-refractivity contribution in [3.63, 3.8) is 0 Å². The van der Waals surface area contributed by atoms with Gasteiger partial charge in [-0.1, -0.05) is 0 Å². The molecule has 0 spiro atoms. The number of nitrogens with two attached hydrogens (primary N) is 1. The Morgan fingerprint density at radius 3 is 2.93 bits per heavy atom. The second-order valence-corrected chi connectivity index (χ2v) is 8.19. The maximum absolute atomic E-state index is 12.7. The number of thiophene rings is 1. The quantitative estimate of drug-likeness (QED) is 0.485. The highest BCUT2D eigenvalue weighted by Gasteiger charge is 2.36. The van der Waals surface area contributed by atoms with Gasteiger partial charge < -0.3 is 15.2 Å². The summed E-state index contributed by atoms with van der Waals surface area (Å²) in [5, 5.41) is 7.38. The predicted molar refractivity (Wildman–Crippen MR) is 109 cm³/mol. The number of ether oxygens (including phenoxy) is 2. The third kappa shape index (κ3) is 2.84. The molecule has 30 heavy (non-hydrogen) atoms. The highest BCUT2D eigenvalue weighted by atomic mass is 32.1. The van der Waals surface area contributed by atoms with Crippen molar-refractivity contribution in [1.82, 2.24) is 10.3 Å². The zero-order valence-corrected chi connectivity index (χ0v) is 16.4. The van der Waals surface area contributed by atoms with Gasteiger partial charge in [0.25, 0.3) is 12.1 Å². The number of anilines is 2. The van der Waals surface area contributed by atoms with Gasteiger partial charge in [0.15, 0.2) is 17.5 Å². The van der Waals surface area contributed by atoms with Crippen molar-refractivity contribution >= 4 is 39.0 Å². The van der Waals surface area contributed by atoms with E-state index in [-0.39, 0.29) is 18.6 Å². The molecule has 1 fully saturated rings. The van der Waals surface area contributed by atoms with Gasteiger partial charge in [0.05, 0.1) is 11.4 Å². The van der Waals surface area contributed by atoms with Gasteiger partial charge >= 0.3 is 5.88 Å². The summed E-state index contributed by atoms with van der Waals surface area (Å²) in [6.07, 6.45) is 3.84. The Labute approximate surface area is 174 Å². The number of nitrogens with one attached hydrogen (secondary N) is 1. The first-order chi connectivity index (χ1) is 14.7. The molecule has 2 aliphatic rings. The molecule has 1 saturated carbocycles. The summed E-state index contributed by atoms with van der Waals surface area (Å²) in [6.45, 7) is 0.219. The van der Waals surface area contributed by atoms with Crippen LogP contribution in [0.3, 0.4) is 0 Å². The number of nitrogens with zero attached hydrogens (tertiary/aromatic N) is 3. The van der Waals surface area contributed by atoms with E-state index >= 15 is 0 Å². The van der Waals surface area contributed by atoms with Crippen LogP contribution in [-0.2, 0) is 0 Å². The number of carbonyl (C=O) groups is 1. The van der Waals surface area contributed by atoms with Crippen molar-refractivity contribution in [3.8, 4) is 22.8 Å². The summed E-state index contributed by atoms with van der Waals surface area (Å²) in [5.74, 6) is 1.35. The van der Waals surface area contributed by atoms with Gasteiger partial charge in [-0.15, -0.1) is 11.3 Å². The lowest BCUT2D eigenvalue weighted by atomic mass is 10.1. The molecule has 1 aliphatic heterocycles. The summed E-state index contributed by atoms with van der Waals surface area (Å²) >= 11 is 1.24. The van der Waals surface area contributed by atoms with Gasteiger partial charge in [-0.3, -0.25) is 14.6 Å². The number of benzene rings is 1. The molecule has 4 heterocycles. The molecule has 1 amide bonds. The fourth-order valence-electron chi connectivity index (χ4n) is 3.38. The topological polar surface area (TPSA) is 116 Å². The maximum atomic E-state index is 12.7. The van der Waals surface area contributed by atoms with Crippen LogP contribution in [0, 0.1) is 0 Å². The number of nitrogen functional groups attached to an aromatic ring is 1. The summed E-state index contributed by atoms with van der Waals surface area (Å²) in [5.41, 5.74) is 8.29. The summed E-state index contributed by atoms with van der Waals surface area (Å²) in [4.78, 5) is 18.5. The highest BCUT2D eigenvalue weighted by Crippen LogP contribution is 2.38. The zero-order valence-electron chi connectivity index (χ0n) is 15.6. The van der Waals surface area contributed by atoms with E-state index in [1.165, 1.54) is 11.3 Å². The Balaban J connectivity index is 1.30. The van der Waals surface area contributed by atoms with Gasteiger partial charge in [-0.25, -0.2) is 4.98 Å². The van der Waals surface area contributed by atoms with Gasteiger partial charge in [0.1, 0.15) is 9.71 Å². The van der Waals surface area contributed by atoms with Crippen molar-refractivity contribution in [3.05, 3.63) is 41.4 Å². The third-order valence-corrected chi connectivity index (χ3v) is 6.22. The molecule has 1 aromatic carbocycles. The lowest BCUT2D eigenvalue weighted by molar-refractivity contribution is -0.765. The number of fused-ring (bicyclic) bond motifs is 2. The average Bonchev–Trinajstić information content (AvgIpc) is 3.18. The Kier molecular flexibility index (Phi) is 3.69. The van der Waals surface area contributed by atoms with Crippen LogP contribution in [0.1, 0.15) is 28.6 Å². The van der Waals surface area contributed by atoms with Crippen LogP contribution in [0.4, 0.5) is 11.6 Å². The molecule has 6 rings (SSSR count). The zero-order chi connectivity index (χ0) is 20.2. The minimum Gasteiger partial charge on any atom is -0.454 e. The minimum atomic E-state index is -0.348. The minimum absolute atomic E-state index is 0.219. The molecular formula is C20H16N5O4S+. The standard InChI is InChI=1S/C20H15N5O4S/c21-17-12-4-5-13(10-1-6-14-15(7-10)28-9-27-14)22-20(12)30-18(17)19(26)23-16-8-25(24-29-16)11-2-3-11/h1,4-8,11H,2-3,9H2,(H2-,21,23,24,26)/p+1. The molecule has 0 radical (unpaired) electrons. The molecule has 150 valence electrons. The lowest BCUT2D eigenvalue weighted by Crippen LogP contribution is -2.32. The van der Waals surface area contributed by atoms with E-state index in [0.717, 1.165) is 35.2 Å². The van der Waals surface area contributed by atoms with Crippen LogP contribution in [-0.4, -0.2) is 23.0 Å². The first-order valence-corrected chi connectivity index (χ1v) is 10.3. The van der Waals surface area contributed by atoms with E-state index < -0.39 is 0 Å². The number of amides is 1. The van der Waals surface area contributed by atoms with E-state index in [1.54, 1.807) is 10.9 Å². The molecule has 4 aromatic rings. The number of hydrogen-bond donors (Lipinski definition) is 2. The first kappa shape index (κ1) is 17.2. The summed E-state index contributed by atoms with van der Waals surface area (Å²) in [6, 6.07) is 9.79. The van der Waals surface area contributed by atoms with Crippen LogP contribution in [0.15, 0.2) is 41.1 Å². The molecule has 3 N–H and O–H groups in total. The van der Waals surface area contributed by atoms with Crippen molar-refractivity contribution < 1.29 is 23.5 Å². The second-order valence-electron chi connectivity index (χ2n) is 7.19. The SMILES string of the molecule is Nc1c(C(=O)Nc2c[n+](C3CC3)no2)sc2nc(-c3ccc4c(c3)OCO4)ccc12.